The van der Waals surface area contributed by atoms with Gasteiger partial charge in [0.2, 0.25) is 5.91 Å². The lowest BCUT2D eigenvalue weighted by Gasteiger charge is -2.13. The molecule has 5 nitrogen and oxygen atoms in total. The van der Waals surface area contributed by atoms with Crippen molar-refractivity contribution < 1.29 is 9.59 Å². The second-order valence-corrected chi connectivity index (χ2v) is 5.23. The number of amides is 2. The van der Waals surface area contributed by atoms with Crippen molar-refractivity contribution in [3.8, 4) is 0 Å². The highest BCUT2D eigenvalue weighted by molar-refractivity contribution is 6.04. The third kappa shape index (κ3) is 4.15. The fourth-order valence-corrected chi connectivity index (χ4v) is 1.87. The molecule has 22 heavy (non-hydrogen) atoms. The Morgan fingerprint density at radius 3 is 2.59 bits per heavy atom. The van der Waals surface area contributed by atoms with Crippen molar-refractivity contribution >= 4 is 17.5 Å². The molecule has 2 rings (SSSR count). The normalized spacial score (nSPS) is 10.3. The van der Waals surface area contributed by atoms with E-state index in [9.17, 15) is 9.59 Å². The molecule has 0 bridgehead atoms. The summed E-state index contributed by atoms with van der Waals surface area (Å²) >= 11 is 0. The Morgan fingerprint density at radius 2 is 1.91 bits per heavy atom. The van der Waals surface area contributed by atoms with Gasteiger partial charge in [-0.2, -0.15) is 0 Å². The van der Waals surface area contributed by atoms with E-state index in [1.54, 1.807) is 18.3 Å². The molecule has 2 amide bonds. The molecule has 0 aliphatic heterocycles. The highest BCUT2D eigenvalue weighted by Gasteiger charge is 2.11. The molecule has 5 heteroatoms. The van der Waals surface area contributed by atoms with Crippen LogP contribution in [-0.4, -0.2) is 16.8 Å². The molecule has 0 radical (unpaired) electrons. The highest BCUT2D eigenvalue weighted by atomic mass is 16.2. The van der Waals surface area contributed by atoms with Gasteiger partial charge in [0, 0.05) is 30.5 Å². The van der Waals surface area contributed by atoms with Crippen LogP contribution in [0.15, 0.2) is 48.8 Å². The van der Waals surface area contributed by atoms with E-state index >= 15 is 0 Å². The van der Waals surface area contributed by atoms with Crippen molar-refractivity contribution in [3.63, 3.8) is 0 Å². The zero-order chi connectivity index (χ0) is 15.9. The fourth-order valence-electron chi connectivity index (χ4n) is 1.87. The van der Waals surface area contributed by atoms with Gasteiger partial charge in [-0.3, -0.25) is 14.6 Å². The van der Waals surface area contributed by atoms with Crippen LogP contribution in [0, 0.1) is 5.92 Å². The van der Waals surface area contributed by atoms with Crippen LogP contribution in [-0.2, 0) is 11.3 Å². The Bertz CT molecular complexity index is 654. The lowest BCUT2D eigenvalue weighted by molar-refractivity contribution is -0.124. The van der Waals surface area contributed by atoms with E-state index in [4.69, 9.17) is 0 Å². The molecule has 0 aliphatic rings. The van der Waals surface area contributed by atoms with Gasteiger partial charge < -0.3 is 10.6 Å². The van der Waals surface area contributed by atoms with E-state index in [0.29, 0.717) is 17.8 Å². The van der Waals surface area contributed by atoms with Gasteiger partial charge in [-0.25, -0.2) is 0 Å². The molecule has 2 N–H and O–H groups in total. The van der Waals surface area contributed by atoms with Gasteiger partial charge >= 0.3 is 0 Å². The molecular weight excluding hydrogens is 278 g/mol. The summed E-state index contributed by atoms with van der Waals surface area (Å²) in [4.78, 5) is 27.8. The van der Waals surface area contributed by atoms with Crippen molar-refractivity contribution in [2.24, 2.45) is 5.92 Å². The molecule has 0 atom stereocenters. The summed E-state index contributed by atoms with van der Waals surface area (Å²) in [5.41, 5.74) is 2.03. The molecular formula is C17H19N3O2. The second kappa shape index (κ2) is 7.36. The SMILES string of the molecule is CC(C)C(=O)NCc1ccccc1NC(=O)c1cccnc1. The highest BCUT2D eigenvalue weighted by Crippen LogP contribution is 2.16. The van der Waals surface area contributed by atoms with Gasteiger partial charge in [-0.15, -0.1) is 0 Å². The number of rotatable bonds is 5. The molecule has 0 aliphatic carbocycles. The molecule has 1 heterocycles. The van der Waals surface area contributed by atoms with E-state index in [2.05, 4.69) is 15.6 Å². The predicted octanol–water partition coefficient (Wildman–Crippen LogP) is 2.61. The summed E-state index contributed by atoms with van der Waals surface area (Å²) in [6.45, 7) is 4.05. The number of carbonyl (C=O) groups excluding carboxylic acids is 2. The van der Waals surface area contributed by atoms with E-state index in [0.717, 1.165) is 5.56 Å². The van der Waals surface area contributed by atoms with Gasteiger partial charge in [0.25, 0.3) is 5.91 Å². The largest absolute Gasteiger partial charge is 0.352 e. The first kappa shape index (κ1) is 15.7. The number of benzene rings is 1. The van der Waals surface area contributed by atoms with Gasteiger partial charge in [0.1, 0.15) is 0 Å². The van der Waals surface area contributed by atoms with Gasteiger partial charge in [0.05, 0.1) is 5.56 Å². The third-order valence-electron chi connectivity index (χ3n) is 3.17. The van der Waals surface area contributed by atoms with Gasteiger partial charge in [0.15, 0.2) is 0 Å². The minimum absolute atomic E-state index is 0.0200. The first-order valence-corrected chi connectivity index (χ1v) is 7.15. The van der Waals surface area contributed by atoms with Crippen molar-refractivity contribution in [2.75, 3.05) is 5.32 Å². The second-order valence-electron chi connectivity index (χ2n) is 5.23. The number of para-hydroxylation sites is 1. The van der Waals surface area contributed by atoms with Gasteiger partial charge in [-0.05, 0) is 23.8 Å². The lowest BCUT2D eigenvalue weighted by Crippen LogP contribution is -2.27. The van der Waals surface area contributed by atoms with Crippen molar-refractivity contribution in [3.05, 3.63) is 59.9 Å². The zero-order valence-electron chi connectivity index (χ0n) is 12.7. The Morgan fingerprint density at radius 1 is 1.14 bits per heavy atom. The zero-order valence-corrected chi connectivity index (χ0v) is 12.7. The number of nitrogens with one attached hydrogen (secondary N) is 2. The first-order valence-electron chi connectivity index (χ1n) is 7.15. The van der Waals surface area contributed by atoms with Crippen LogP contribution in [0.5, 0.6) is 0 Å². The molecule has 1 aromatic heterocycles. The molecule has 0 saturated carbocycles. The molecule has 0 spiro atoms. The number of aromatic nitrogens is 1. The van der Waals surface area contributed by atoms with E-state index in [1.165, 1.54) is 6.20 Å². The topological polar surface area (TPSA) is 71.1 Å². The predicted molar refractivity (Wildman–Crippen MR) is 85.3 cm³/mol. The number of hydrogen-bond acceptors (Lipinski definition) is 3. The Balaban J connectivity index is 2.08. The lowest BCUT2D eigenvalue weighted by atomic mass is 10.1. The molecule has 114 valence electrons. The third-order valence-corrected chi connectivity index (χ3v) is 3.17. The molecule has 0 fully saturated rings. The Kier molecular flexibility index (Phi) is 5.25. The Labute approximate surface area is 129 Å². The van der Waals surface area contributed by atoms with Crippen LogP contribution < -0.4 is 10.6 Å². The summed E-state index contributed by atoms with van der Waals surface area (Å²) in [6, 6.07) is 10.8. The van der Waals surface area contributed by atoms with Crippen LogP contribution in [0.3, 0.4) is 0 Å². The van der Waals surface area contributed by atoms with Crippen molar-refractivity contribution in [1.82, 2.24) is 10.3 Å². The smallest absolute Gasteiger partial charge is 0.257 e. The standard InChI is InChI=1S/C17H19N3O2/c1-12(2)16(21)19-11-13-6-3-4-8-15(13)20-17(22)14-7-5-9-18-10-14/h3-10,12H,11H2,1-2H3,(H,19,21)(H,20,22). The minimum atomic E-state index is -0.226. The van der Waals surface area contributed by atoms with E-state index < -0.39 is 0 Å². The summed E-state index contributed by atoms with van der Waals surface area (Å²) in [5, 5.41) is 5.70. The van der Waals surface area contributed by atoms with Crippen molar-refractivity contribution in [1.29, 1.82) is 0 Å². The average molecular weight is 297 g/mol. The number of pyridine rings is 1. The van der Waals surface area contributed by atoms with E-state index in [-0.39, 0.29) is 17.7 Å². The van der Waals surface area contributed by atoms with Crippen molar-refractivity contribution in [2.45, 2.75) is 20.4 Å². The molecule has 2 aromatic rings. The summed E-state index contributed by atoms with van der Waals surface area (Å²) in [6.07, 6.45) is 3.13. The van der Waals surface area contributed by atoms with Crippen LogP contribution in [0.4, 0.5) is 5.69 Å². The van der Waals surface area contributed by atoms with Crippen LogP contribution >= 0.6 is 0 Å². The maximum absolute atomic E-state index is 12.2. The molecule has 0 saturated heterocycles. The van der Waals surface area contributed by atoms with Crippen LogP contribution in [0.2, 0.25) is 0 Å². The number of nitrogens with zero attached hydrogens (tertiary/aromatic N) is 1. The summed E-state index contributed by atoms with van der Waals surface area (Å²) in [5.74, 6) is -0.318. The van der Waals surface area contributed by atoms with Crippen LogP contribution in [0.1, 0.15) is 29.8 Å². The number of anilines is 1. The maximum Gasteiger partial charge on any atom is 0.257 e. The molecule has 1 aromatic carbocycles. The minimum Gasteiger partial charge on any atom is -0.352 e. The monoisotopic (exact) mass is 297 g/mol. The Hall–Kier alpha value is -2.69. The maximum atomic E-state index is 12.2. The molecule has 0 unspecified atom stereocenters. The first-order chi connectivity index (χ1) is 10.6. The van der Waals surface area contributed by atoms with Crippen LogP contribution in [0.25, 0.3) is 0 Å². The van der Waals surface area contributed by atoms with Gasteiger partial charge in [-0.1, -0.05) is 32.0 Å². The summed E-state index contributed by atoms with van der Waals surface area (Å²) in [7, 11) is 0. The average Bonchev–Trinajstić information content (AvgIpc) is 2.54. The quantitative estimate of drug-likeness (QED) is 0.891. The van der Waals surface area contributed by atoms with E-state index in [1.807, 2.05) is 38.1 Å². The number of carbonyl (C=O) groups is 2. The fraction of sp³-hybridized carbons (Fsp3) is 0.235. The summed E-state index contributed by atoms with van der Waals surface area (Å²) < 4.78 is 0. The number of hydrogen-bond donors (Lipinski definition) is 2.